The largest absolute Gasteiger partial charge is 0.507 e. The van der Waals surface area contributed by atoms with Gasteiger partial charge in [-0.2, -0.15) is 0 Å². The zero-order valence-corrected chi connectivity index (χ0v) is 8.83. The number of carbonyl (C=O) groups is 1. The van der Waals surface area contributed by atoms with Gasteiger partial charge in [-0.3, -0.25) is 4.79 Å². The highest BCUT2D eigenvalue weighted by Gasteiger charge is 2.20. The van der Waals surface area contributed by atoms with Gasteiger partial charge in [-0.15, -0.1) is 0 Å². The van der Waals surface area contributed by atoms with Crippen molar-refractivity contribution in [1.82, 2.24) is 4.90 Å². The molecule has 0 unspecified atom stereocenters. The first kappa shape index (κ1) is 11.5. The molecule has 0 aliphatic heterocycles. The van der Waals surface area contributed by atoms with E-state index in [2.05, 4.69) is 0 Å². The van der Waals surface area contributed by atoms with Gasteiger partial charge >= 0.3 is 0 Å². The average molecular weight is 211 g/mol. The summed E-state index contributed by atoms with van der Waals surface area (Å²) in [5, 5.41) is 9.41. The lowest BCUT2D eigenvalue weighted by Crippen LogP contribution is -2.31. The molecular weight excluding hydrogens is 197 g/mol. The summed E-state index contributed by atoms with van der Waals surface area (Å²) in [7, 11) is 0. The zero-order valence-electron chi connectivity index (χ0n) is 8.83. The Morgan fingerprint density at radius 3 is 2.47 bits per heavy atom. The topological polar surface area (TPSA) is 40.5 Å². The minimum Gasteiger partial charge on any atom is -0.507 e. The second-order valence-corrected chi connectivity index (χ2v) is 3.11. The van der Waals surface area contributed by atoms with Crippen LogP contribution >= 0.6 is 0 Å². The predicted octanol–water partition coefficient (Wildman–Crippen LogP) is 2.01. The average Bonchev–Trinajstić information content (AvgIpc) is 2.19. The number of nitrogens with zero attached hydrogens (tertiary/aromatic N) is 1. The Bertz CT molecular complexity index is 341. The van der Waals surface area contributed by atoms with Gasteiger partial charge in [0.05, 0.1) is 0 Å². The van der Waals surface area contributed by atoms with Crippen LogP contribution in [0.2, 0.25) is 0 Å². The van der Waals surface area contributed by atoms with E-state index in [0.717, 1.165) is 6.07 Å². The van der Waals surface area contributed by atoms with Crippen LogP contribution < -0.4 is 0 Å². The van der Waals surface area contributed by atoms with E-state index >= 15 is 0 Å². The van der Waals surface area contributed by atoms with Crippen LogP contribution in [-0.2, 0) is 0 Å². The van der Waals surface area contributed by atoms with Gasteiger partial charge in [-0.1, -0.05) is 6.07 Å². The van der Waals surface area contributed by atoms with Crippen LogP contribution in [-0.4, -0.2) is 29.0 Å². The van der Waals surface area contributed by atoms with Gasteiger partial charge in [-0.25, -0.2) is 4.39 Å². The normalized spacial score (nSPS) is 10.1. The van der Waals surface area contributed by atoms with Crippen molar-refractivity contribution in [2.75, 3.05) is 13.1 Å². The van der Waals surface area contributed by atoms with Crippen molar-refractivity contribution in [1.29, 1.82) is 0 Å². The number of aromatic hydroxyl groups is 1. The Balaban J connectivity index is 3.10. The van der Waals surface area contributed by atoms with E-state index in [1.807, 2.05) is 0 Å². The van der Waals surface area contributed by atoms with Gasteiger partial charge in [-0.05, 0) is 26.0 Å². The molecule has 0 bridgehead atoms. The summed E-state index contributed by atoms with van der Waals surface area (Å²) in [6.07, 6.45) is 0. The Labute approximate surface area is 88.1 Å². The number of benzene rings is 1. The number of carbonyl (C=O) groups excluding carboxylic acids is 1. The van der Waals surface area contributed by atoms with Crippen LogP contribution in [0, 0.1) is 5.82 Å². The van der Waals surface area contributed by atoms with Crippen LogP contribution in [0.3, 0.4) is 0 Å². The molecule has 4 heteroatoms. The maximum absolute atomic E-state index is 13.3. The van der Waals surface area contributed by atoms with Crippen molar-refractivity contribution < 1.29 is 14.3 Å². The highest BCUT2D eigenvalue weighted by Crippen LogP contribution is 2.21. The number of halogens is 1. The molecule has 0 heterocycles. The van der Waals surface area contributed by atoms with Crippen molar-refractivity contribution in [2.45, 2.75) is 13.8 Å². The summed E-state index contributed by atoms with van der Waals surface area (Å²) in [6.45, 7) is 4.59. The fourth-order valence-electron chi connectivity index (χ4n) is 1.39. The second-order valence-electron chi connectivity index (χ2n) is 3.11. The van der Waals surface area contributed by atoms with Crippen molar-refractivity contribution in [3.63, 3.8) is 0 Å². The highest BCUT2D eigenvalue weighted by molar-refractivity contribution is 5.97. The third-order valence-corrected chi connectivity index (χ3v) is 2.26. The summed E-state index contributed by atoms with van der Waals surface area (Å²) in [5.74, 6) is -1.48. The summed E-state index contributed by atoms with van der Waals surface area (Å²) < 4.78 is 13.3. The molecule has 1 aromatic rings. The van der Waals surface area contributed by atoms with Crippen molar-refractivity contribution in [3.05, 3.63) is 29.6 Å². The molecule has 1 N–H and O–H groups in total. The molecule has 0 fully saturated rings. The smallest absolute Gasteiger partial charge is 0.260 e. The van der Waals surface area contributed by atoms with E-state index in [0.29, 0.717) is 13.1 Å². The Morgan fingerprint density at radius 1 is 1.40 bits per heavy atom. The molecule has 0 saturated carbocycles. The molecule has 0 spiro atoms. The number of hydrogen-bond acceptors (Lipinski definition) is 2. The lowest BCUT2D eigenvalue weighted by atomic mass is 10.1. The molecule has 0 aliphatic carbocycles. The minimum absolute atomic E-state index is 0.249. The van der Waals surface area contributed by atoms with E-state index in [1.165, 1.54) is 17.0 Å². The number of hydrogen-bond donors (Lipinski definition) is 1. The van der Waals surface area contributed by atoms with E-state index in [1.54, 1.807) is 13.8 Å². The molecule has 0 atom stereocenters. The molecule has 0 saturated heterocycles. The molecule has 1 rings (SSSR count). The summed E-state index contributed by atoms with van der Waals surface area (Å²) in [5.41, 5.74) is -0.249. The van der Waals surface area contributed by atoms with Crippen molar-refractivity contribution in [3.8, 4) is 5.75 Å². The van der Waals surface area contributed by atoms with Gasteiger partial charge < -0.3 is 10.0 Å². The van der Waals surface area contributed by atoms with Gasteiger partial charge in [0.1, 0.15) is 17.1 Å². The fraction of sp³-hybridized carbons (Fsp3) is 0.364. The maximum Gasteiger partial charge on any atom is 0.260 e. The van der Waals surface area contributed by atoms with Crippen molar-refractivity contribution in [2.24, 2.45) is 0 Å². The van der Waals surface area contributed by atoms with Gasteiger partial charge in [0.2, 0.25) is 0 Å². The molecule has 3 nitrogen and oxygen atoms in total. The first-order chi connectivity index (χ1) is 7.11. The Hall–Kier alpha value is -1.58. The fourth-order valence-corrected chi connectivity index (χ4v) is 1.39. The third-order valence-electron chi connectivity index (χ3n) is 2.26. The lowest BCUT2D eigenvalue weighted by molar-refractivity contribution is 0.0765. The quantitative estimate of drug-likeness (QED) is 0.830. The second kappa shape index (κ2) is 4.77. The lowest BCUT2D eigenvalue weighted by Gasteiger charge is -2.19. The van der Waals surface area contributed by atoms with Gasteiger partial charge in [0.15, 0.2) is 0 Å². The van der Waals surface area contributed by atoms with E-state index in [-0.39, 0.29) is 11.3 Å². The summed E-state index contributed by atoms with van der Waals surface area (Å²) in [4.78, 5) is 13.2. The van der Waals surface area contributed by atoms with E-state index in [9.17, 15) is 14.3 Å². The maximum atomic E-state index is 13.3. The van der Waals surface area contributed by atoms with Crippen LogP contribution in [0.25, 0.3) is 0 Å². The third kappa shape index (κ3) is 2.26. The SMILES string of the molecule is CCN(CC)C(=O)c1c(O)cccc1F. The number of phenolic OH excluding ortho intramolecular Hbond substituents is 1. The minimum atomic E-state index is -0.688. The number of rotatable bonds is 3. The highest BCUT2D eigenvalue weighted by atomic mass is 19.1. The molecule has 0 aromatic heterocycles. The first-order valence-corrected chi connectivity index (χ1v) is 4.88. The monoisotopic (exact) mass is 211 g/mol. The number of amides is 1. The van der Waals surface area contributed by atoms with E-state index in [4.69, 9.17) is 0 Å². The standard InChI is InChI=1S/C11H14FNO2/c1-3-13(4-2)11(15)10-8(12)6-5-7-9(10)14/h5-7,14H,3-4H2,1-2H3. The number of phenols is 1. The van der Waals surface area contributed by atoms with Gasteiger partial charge in [0, 0.05) is 13.1 Å². The Morgan fingerprint density at radius 2 is 2.00 bits per heavy atom. The molecular formula is C11H14FNO2. The molecule has 1 amide bonds. The zero-order chi connectivity index (χ0) is 11.4. The molecule has 1 aromatic carbocycles. The summed E-state index contributed by atoms with van der Waals surface area (Å²) in [6, 6.07) is 3.83. The van der Waals surface area contributed by atoms with E-state index < -0.39 is 11.7 Å². The first-order valence-electron chi connectivity index (χ1n) is 4.88. The van der Waals surface area contributed by atoms with Crippen molar-refractivity contribution >= 4 is 5.91 Å². The molecule has 82 valence electrons. The van der Waals surface area contributed by atoms with Crippen LogP contribution in [0.1, 0.15) is 24.2 Å². The Kier molecular flexibility index (Phi) is 3.66. The molecule has 0 radical (unpaired) electrons. The predicted molar refractivity (Wildman–Crippen MR) is 55.3 cm³/mol. The molecule has 0 aliphatic rings. The van der Waals surface area contributed by atoms with Gasteiger partial charge in [0.25, 0.3) is 5.91 Å². The van der Waals surface area contributed by atoms with Crippen LogP contribution in [0.15, 0.2) is 18.2 Å². The van der Waals surface area contributed by atoms with Crippen LogP contribution in [0.4, 0.5) is 4.39 Å². The molecule has 15 heavy (non-hydrogen) atoms. The van der Waals surface area contributed by atoms with Crippen LogP contribution in [0.5, 0.6) is 5.75 Å². The summed E-state index contributed by atoms with van der Waals surface area (Å²) >= 11 is 0.